The molecule has 0 N–H and O–H groups in total. The van der Waals surface area contributed by atoms with Crippen molar-refractivity contribution in [3.8, 4) is 17.1 Å². The van der Waals surface area contributed by atoms with Crippen LogP contribution in [0.15, 0.2) is 39.2 Å². The molecule has 0 aliphatic rings. The fourth-order valence-corrected chi connectivity index (χ4v) is 2.13. The van der Waals surface area contributed by atoms with Crippen LogP contribution >= 0.6 is 15.9 Å². The van der Waals surface area contributed by atoms with Gasteiger partial charge in [0.15, 0.2) is 0 Å². The zero-order valence-corrected chi connectivity index (χ0v) is 11.8. The summed E-state index contributed by atoms with van der Waals surface area (Å²) in [6, 6.07) is 9.34. The third kappa shape index (κ3) is 2.82. The molecule has 2 aromatic rings. The molecule has 3 nitrogen and oxygen atoms in total. The molecule has 0 saturated carbocycles. The monoisotopic (exact) mass is 308 g/mol. The molecule has 2 rings (SSSR count). The molecule has 0 fully saturated rings. The first-order chi connectivity index (χ1) is 8.60. The molecule has 0 unspecified atom stereocenters. The molecular weight excluding hydrogens is 296 g/mol. The Bertz CT molecular complexity index is 572. The summed E-state index contributed by atoms with van der Waals surface area (Å²) in [4.78, 5) is 11.0. The van der Waals surface area contributed by atoms with Gasteiger partial charge in [0, 0.05) is 10.0 Å². The summed E-state index contributed by atoms with van der Waals surface area (Å²) in [5.41, 5.74) is 0.907. The summed E-state index contributed by atoms with van der Waals surface area (Å²) in [6.07, 6.45) is 0.321. The summed E-state index contributed by atoms with van der Waals surface area (Å²) in [7, 11) is 1.62. The van der Waals surface area contributed by atoms with E-state index < -0.39 is 0 Å². The summed E-state index contributed by atoms with van der Waals surface area (Å²) in [6.45, 7) is 1.55. The Labute approximate surface area is 114 Å². The first-order valence-corrected chi connectivity index (χ1v) is 6.31. The normalized spacial score (nSPS) is 10.4. The number of ketones is 1. The molecule has 0 aliphatic heterocycles. The zero-order chi connectivity index (χ0) is 13.1. The predicted octanol–water partition coefficient (Wildman–Crippen LogP) is 3.85. The van der Waals surface area contributed by atoms with E-state index in [0.29, 0.717) is 12.2 Å². The first kappa shape index (κ1) is 12.9. The molecule has 0 amide bonds. The molecule has 0 spiro atoms. The number of hydrogen-bond donors (Lipinski definition) is 0. The van der Waals surface area contributed by atoms with Gasteiger partial charge in [0.1, 0.15) is 23.1 Å². The SMILES string of the molecule is COc1ccc(Br)c(-c2ccc(CC(C)=O)o2)c1. The highest BCUT2D eigenvalue weighted by Gasteiger charge is 2.10. The summed E-state index contributed by atoms with van der Waals surface area (Å²) < 4.78 is 11.8. The van der Waals surface area contributed by atoms with Crippen molar-refractivity contribution < 1.29 is 13.9 Å². The molecule has 1 aromatic heterocycles. The minimum absolute atomic E-state index is 0.0839. The average Bonchev–Trinajstić information content (AvgIpc) is 2.77. The lowest BCUT2D eigenvalue weighted by Crippen LogP contribution is -1.93. The topological polar surface area (TPSA) is 39.4 Å². The van der Waals surface area contributed by atoms with E-state index >= 15 is 0 Å². The Balaban J connectivity index is 2.36. The number of carbonyl (C=O) groups is 1. The largest absolute Gasteiger partial charge is 0.497 e. The Morgan fingerprint density at radius 2 is 2.11 bits per heavy atom. The van der Waals surface area contributed by atoms with Crippen molar-refractivity contribution in [3.05, 3.63) is 40.6 Å². The molecule has 18 heavy (non-hydrogen) atoms. The highest BCUT2D eigenvalue weighted by Crippen LogP contribution is 2.32. The van der Waals surface area contributed by atoms with Crippen molar-refractivity contribution in [2.75, 3.05) is 7.11 Å². The average molecular weight is 309 g/mol. The van der Waals surface area contributed by atoms with Gasteiger partial charge in [-0.3, -0.25) is 4.79 Å². The summed E-state index contributed by atoms with van der Waals surface area (Å²) in [5.74, 6) is 2.24. The molecule has 0 atom stereocenters. The highest BCUT2D eigenvalue weighted by molar-refractivity contribution is 9.10. The number of methoxy groups -OCH3 is 1. The Morgan fingerprint density at radius 1 is 1.33 bits per heavy atom. The molecular formula is C14H13BrO3. The van der Waals surface area contributed by atoms with Gasteiger partial charge in [-0.2, -0.15) is 0 Å². The standard InChI is InChI=1S/C14H13BrO3/c1-9(16)7-11-4-6-14(18-11)12-8-10(17-2)3-5-13(12)15/h3-6,8H,7H2,1-2H3. The van der Waals surface area contributed by atoms with Gasteiger partial charge >= 0.3 is 0 Å². The van der Waals surface area contributed by atoms with Gasteiger partial charge < -0.3 is 9.15 Å². The fourth-order valence-electron chi connectivity index (χ4n) is 1.68. The second-order valence-electron chi connectivity index (χ2n) is 3.99. The number of ether oxygens (including phenoxy) is 1. The van der Waals surface area contributed by atoms with Gasteiger partial charge in [-0.15, -0.1) is 0 Å². The molecule has 1 aromatic carbocycles. The number of halogens is 1. The lowest BCUT2D eigenvalue weighted by atomic mass is 10.1. The van der Waals surface area contributed by atoms with E-state index in [9.17, 15) is 4.79 Å². The number of benzene rings is 1. The van der Waals surface area contributed by atoms with E-state index in [4.69, 9.17) is 9.15 Å². The Morgan fingerprint density at radius 3 is 2.78 bits per heavy atom. The van der Waals surface area contributed by atoms with Crippen molar-refractivity contribution in [1.82, 2.24) is 0 Å². The number of furan rings is 1. The van der Waals surface area contributed by atoms with Gasteiger partial charge in [0.05, 0.1) is 13.5 Å². The zero-order valence-electron chi connectivity index (χ0n) is 10.2. The van der Waals surface area contributed by atoms with E-state index in [-0.39, 0.29) is 5.78 Å². The van der Waals surface area contributed by atoms with Crippen LogP contribution in [0.4, 0.5) is 0 Å². The lowest BCUT2D eigenvalue weighted by Gasteiger charge is -2.04. The van der Waals surface area contributed by atoms with Crippen molar-refractivity contribution in [2.45, 2.75) is 13.3 Å². The Hall–Kier alpha value is -1.55. The number of rotatable bonds is 4. The molecule has 0 bridgehead atoms. The second kappa shape index (κ2) is 5.40. The molecule has 1 heterocycles. The van der Waals surface area contributed by atoms with E-state index in [2.05, 4.69) is 15.9 Å². The quantitative estimate of drug-likeness (QED) is 0.861. The van der Waals surface area contributed by atoms with Crippen molar-refractivity contribution in [3.63, 3.8) is 0 Å². The van der Waals surface area contributed by atoms with Gasteiger partial charge in [0.2, 0.25) is 0 Å². The van der Waals surface area contributed by atoms with Gasteiger partial charge in [-0.25, -0.2) is 0 Å². The van der Waals surface area contributed by atoms with Crippen LogP contribution in [0.25, 0.3) is 11.3 Å². The molecule has 94 valence electrons. The van der Waals surface area contributed by atoms with Crippen LogP contribution in [0.1, 0.15) is 12.7 Å². The van der Waals surface area contributed by atoms with Crippen molar-refractivity contribution in [2.24, 2.45) is 0 Å². The number of Topliss-reactive ketones (excluding diaryl/α,β-unsaturated/α-hetero) is 1. The van der Waals surface area contributed by atoms with E-state index in [1.165, 1.54) is 0 Å². The highest BCUT2D eigenvalue weighted by atomic mass is 79.9. The summed E-state index contributed by atoms with van der Waals surface area (Å²) in [5, 5.41) is 0. The minimum atomic E-state index is 0.0839. The maximum absolute atomic E-state index is 11.0. The van der Waals surface area contributed by atoms with Crippen LogP contribution < -0.4 is 4.74 Å². The third-order valence-electron chi connectivity index (χ3n) is 2.52. The third-order valence-corrected chi connectivity index (χ3v) is 3.22. The number of carbonyl (C=O) groups excluding carboxylic acids is 1. The molecule has 4 heteroatoms. The van der Waals surface area contributed by atoms with Gasteiger partial charge in [-0.1, -0.05) is 15.9 Å². The smallest absolute Gasteiger partial charge is 0.137 e. The number of hydrogen-bond acceptors (Lipinski definition) is 3. The van der Waals surface area contributed by atoms with Gasteiger partial charge in [-0.05, 0) is 37.3 Å². The maximum atomic E-state index is 11.0. The van der Waals surface area contributed by atoms with Gasteiger partial charge in [0.25, 0.3) is 0 Å². The first-order valence-electron chi connectivity index (χ1n) is 5.52. The second-order valence-corrected chi connectivity index (χ2v) is 4.84. The summed E-state index contributed by atoms with van der Waals surface area (Å²) >= 11 is 3.47. The van der Waals surface area contributed by atoms with E-state index in [1.54, 1.807) is 14.0 Å². The molecule has 0 aliphatic carbocycles. The van der Waals surface area contributed by atoms with Crippen molar-refractivity contribution >= 4 is 21.7 Å². The van der Waals surface area contributed by atoms with E-state index in [1.807, 2.05) is 30.3 Å². The maximum Gasteiger partial charge on any atom is 0.137 e. The predicted molar refractivity (Wildman–Crippen MR) is 72.8 cm³/mol. The van der Waals surface area contributed by atoms with Crippen LogP contribution in [0.5, 0.6) is 5.75 Å². The Kier molecular flexibility index (Phi) is 3.87. The molecule has 0 saturated heterocycles. The fraction of sp³-hybridized carbons (Fsp3) is 0.214. The van der Waals surface area contributed by atoms with Crippen LogP contribution in [0.2, 0.25) is 0 Å². The molecule has 0 radical (unpaired) electrons. The lowest BCUT2D eigenvalue weighted by molar-refractivity contribution is -0.116. The van der Waals surface area contributed by atoms with E-state index in [0.717, 1.165) is 21.5 Å². The van der Waals surface area contributed by atoms with Crippen LogP contribution in [-0.4, -0.2) is 12.9 Å². The van der Waals surface area contributed by atoms with Crippen LogP contribution in [0, 0.1) is 0 Å². The minimum Gasteiger partial charge on any atom is -0.497 e. The van der Waals surface area contributed by atoms with Crippen molar-refractivity contribution in [1.29, 1.82) is 0 Å². The van der Waals surface area contributed by atoms with Crippen LogP contribution in [-0.2, 0) is 11.2 Å². The van der Waals surface area contributed by atoms with Crippen LogP contribution in [0.3, 0.4) is 0 Å².